The molecule has 0 unspecified atom stereocenters. The smallest absolute Gasteiger partial charge is 0.230 e. The Morgan fingerprint density at radius 1 is 1.17 bits per heavy atom. The molecule has 0 heterocycles. The Hall–Kier alpha value is -2.27. The van der Waals surface area contributed by atoms with Crippen molar-refractivity contribution < 1.29 is 18.7 Å². The number of carbonyl (C=O) groups excluding carboxylic acids is 1. The fraction of sp³-hybridized carbons (Fsp3) is 0.278. The van der Waals surface area contributed by atoms with Gasteiger partial charge in [0.05, 0.1) is 18.6 Å². The first-order valence-electron chi connectivity index (χ1n) is 7.53. The van der Waals surface area contributed by atoms with Gasteiger partial charge in [0.25, 0.3) is 0 Å². The van der Waals surface area contributed by atoms with Crippen LogP contribution in [0, 0.1) is 11.6 Å². The third-order valence-corrected chi connectivity index (χ3v) is 4.27. The van der Waals surface area contributed by atoms with Crippen molar-refractivity contribution in [3.8, 4) is 0 Å². The lowest BCUT2D eigenvalue weighted by Crippen LogP contribution is -2.33. The number of nitrogens with one attached hydrogen (secondary N) is 1. The highest BCUT2D eigenvalue weighted by molar-refractivity contribution is 5.84. The van der Waals surface area contributed by atoms with E-state index in [2.05, 4.69) is 5.32 Å². The van der Waals surface area contributed by atoms with E-state index in [4.69, 9.17) is 0 Å². The van der Waals surface area contributed by atoms with E-state index in [0.29, 0.717) is 18.4 Å². The number of carbonyl (C=O) groups is 1. The van der Waals surface area contributed by atoms with Crippen LogP contribution in [0.4, 0.5) is 8.78 Å². The van der Waals surface area contributed by atoms with Gasteiger partial charge in [0, 0.05) is 0 Å². The maximum absolute atomic E-state index is 13.2. The molecule has 0 saturated heterocycles. The van der Waals surface area contributed by atoms with E-state index >= 15 is 0 Å². The van der Waals surface area contributed by atoms with Crippen molar-refractivity contribution in [2.75, 3.05) is 6.61 Å². The van der Waals surface area contributed by atoms with Crippen molar-refractivity contribution in [1.82, 2.24) is 5.32 Å². The highest BCUT2D eigenvalue weighted by atomic mass is 19.1. The van der Waals surface area contributed by atoms with Crippen molar-refractivity contribution in [2.24, 2.45) is 0 Å². The molecule has 2 atom stereocenters. The molecule has 0 aliphatic heterocycles. The summed E-state index contributed by atoms with van der Waals surface area (Å²) >= 11 is 0. The van der Waals surface area contributed by atoms with E-state index in [-0.39, 0.29) is 24.4 Å². The van der Waals surface area contributed by atoms with E-state index < -0.39 is 11.7 Å². The topological polar surface area (TPSA) is 49.3 Å². The van der Waals surface area contributed by atoms with Crippen molar-refractivity contribution >= 4 is 5.91 Å². The maximum Gasteiger partial charge on any atom is 0.230 e. The Labute approximate surface area is 133 Å². The maximum atomic E-state index is 13.2. The van der Waals surface area contributed by atoms with E-state index in [1.165, 1.54) is 36.4 Å². The van der Waals surface area contributed by atoms with Gasteiger partial charge in [0.1, 0.15) is 11.6 Å². The minimum atomic E-state index is -0.750. The number of hydrogen-bond donors (Lipinski definition) is 2. The molecule has 1 aliphatic rings. The number of fused-ring (bicyclic) bond motifs is 1. The molecule has 0 bridgehead atoms. The molecule has 3 nitrogen and oxygen atoms in total. The normalized spacial score (nSPS) is 17.6. The van der Waals surface area contributed by atoms with Gasteiger partial charge in [-0.2, -0.15) is 0 Å². The summed E-state index contributed by atoms with van der Waals surface area (Å²) in [5.41, 5.74) is 2.37. The molecule has 0 saturated carbocycles. The van der Waals surface area contributed by atoms with Gasteiger partial charge in [0.2, 0.25) is 5.91 Å². The van der Waals surface area contributed by atoms with Gasteiger partial charge >= 0.3 is 0 Å². The van der Waals surface area contributed by atoms with Crippen LogP contribution in [0.1, 0.15) is 35.1 Å². The summed E-state index contributed by atoms with van der Waals surface area (Å²) in [6.45, 7) is -0.361. The second kappa shape index (κ2) is 6.46. The molecule has 120 valence electrons. The Balaban J connectivity index is 1.75. The number of hydrogen-bond acceptors (Lipinski definition) is 2. The Morgan fingerprint density at radius 2 is 1.87 bits per heavy atom. The molecule has 0 radical (unpaired) electrons. The van der Waals surface area contributed by atoms with Gasteiger partial charge in [-0.1, -0.05) is 18.2 Å². The van der Waals surface area contributed by atoms with Gasteiger partial charge in [-0.05, 0) is 53.8 Å². The number of benzene rings is 2. The third kappa shape index (κ3) is 3.24. The van der Waals surface area contributed by atoms with Crippen LogP contribution in [0.5, 0.6) is 0 Å². The van der Waals surface area contributed by atoms with Crippen LogP contribution in [0.3, 0.4) is 0 Å². The van der Waals surface area contributed by atoms with Crippen LogP contribution in [0.25, 0.3) is 0 Å². The average Bonchev–Trinajstić information content (AvgIpc) is 2.92. The quantitative estimate of drug-likeness (QED) is 0.911. The summed E-state index contributed by atoms with van der Waals surface area (Å²) in [7, 11) is 0. The second-order valence-electron chi connectivity index (χ2n) is 5.73. The fourth-order valence-electron chi connectivity index (χ4n) is 3.04. The summed E-state index contributed by atoms with van der Waals surface area (Å²) in [4.78, 5) is 12.5. The SMILES string of the molecule is O=C(N[C@H]1CCc2cc(F)ccc21)[C@H](CO)c1ccc(F)cc1. The van der Waals surface area contributed by atoms with Gasteiger partial charge in [-0.15, -0.1) is 0 Å². The lowest BCUT2D eigenvalue weighted by Gasteiger charge is -2.19. The van der Waals surface area contributed by atoms with Crippen LogP contribution in [0.2, 0.25) is 0 Å². The van der Waals surface area contributed by atoms with Gasteiger partial charge in [0.15, 0.2) is 0 Å². The molecular formula is C18H17F2NO2. The molecule has 3 rings (SSSR count). The average molecular weight is 317 g/mol. The van der Waals surface area contributed by atoms with Crippen LogP contribution >= 0.6 is 0 Å². The molecule has 1 amide bonds. The number of aryl methyl sites for hydroxylation is 1. The third-order valence-electron chi connectivity index (χ3n) is 4.27. The molecular weight excluding hydrogens is 300 g/mol. The Kier molecular flexibility index (Phi) is 4.39. The van der Waals surface area contributed by atoms with Crippen LogP contribution in [-0.4, -0.2) is 17.6 Å². The van der Waals surface area contributed by atoms with Gasteiger partial charge in [-0.3, -0.25) is 4.79 Å². The lowest BCUT2D eigenvalue weighted by molar-refractivity contribution is -0.124. The van der Waals surface area contributed by atoms with E-state index in [9.17, 15) is 18.7 Å². The molecule has 2 N–H and O–H groups in total. The predicted molar refractivity (Wildman–Crippen MR) is 81.8 cm³/mol. The van der Waals surface area contributed by atoms with Crippen molar-refractivity contribution in [1.29, 1.82) is 0 Å². The van der Waals surface area contributed by atoms with Crippen molar-refractivity contribution in [2.45, 2.75) is 24.8 Å². The summed E-state index contributed by atoms with van der Waals surface area (Å²) in [5, 5.41) is 12.4. The molecule has 1 aliphatic carbocycles. The monoisotopic (exact) mass is 317 g/mol. The lowest BCUT2D eigenvalue weighted by atomic mass is 9.98. The summed E-state index contributed by atoms with van der Waals surface area (Å²) in [6, 6.07) is 9.89. The summed E-state index contributed by atoms with van der Waals surface area (Å²) in [6.07, 6.45) is 1.41. The first kappa shape index (κ1) is 15.6. The molecule has 0 fully saturated rings. The molecule has 2 aromatic carbocycles. The molecule has 5 heteroatoms. The highest BCUT2D eigenvalue weighted by Crippen LogP contribution is 2.32. The molecule has 0 spiro atoms. The predicted octanol–water partition coefficient (Wildman–Crippen LogP) is 2.84. The van der Waals surface area contributed by atoms with Crippen LogP contribution in [-0.2, 0) is 11.2 Å². The first-order chi connectivity index (χ1) is 11.1. The van der Waals surface area contributed by atoms with Gasteiger partial charge in [-0.25, -0.2) is 8.78 Å². The number of halogens is 2. The Morgan fingerprint density at radius 3 is 2.57 bits per heavy atom. The standard InChI is InChI=1S/C18H17F2NO2/c19-13-4-1-11(2-5-13)16(10-22)18(23)21-17-8-3-12-9-14(20)6-7-15(12)17/h1-2,4-7,9,16-17,22H,3,8,10H2,(H,21,23)/t16-,17+/m1/s1. The number of rotatable bonds is 4. The summed E-state index contributed by atoms with van der Waals surface area (Å²) < 4.78 is 26.2. The molecule has 23 heavy (non-hydrogen) atoms. The molecule has 0 aromatic heterocycles. The van der Waals surface area contributed by atoms with Gasteiger partial charge < -0.3 is 10.4 Å². The summed E-state index contributed by atoms with van der Waals surface area (Å²) in [5.74, 6) is -1.74. The number of aliphatic hydroxyl groups is 1. The van der Waals surface area contributed by atoms with E-state index in [1.54, 1.807) is 6.07 Å². The first-order valence-corrected chi connectivity index (χ1v) is 7.53. The van der Waals surface area contributed by atoms with E-state index in [0.717, 1.165) is 11.1 Å². The van der Waals surface area contributed by atoms with Crippen molar-refractivity contribution in [3.63, 3.8) is 0 Å². The largest absolute Gasteiger partial charge is 0.395 e. The zero-order chi connectivity index (χ0) is 16.4. The zero-order valence-electron chi connectivity index (χ0n) is 12.4. The van der Waals surface area contributed by atoms with Crippen LogP contribution < -0.4 is 5.32 Å². The highest BCUT2D eigenvalue weighted by Gasteiger charge is 2.27. The Bertz CT molecular complexity index is 715. The van der Waals surface area contributed by atoms with E-state index in [1.807, 2.05) is 0 Å². The van der Waals surface area contributed by atoms with Crippen LogP contribution in [0.15, 0.2) is 42.5 Å². The zero-order valence-corrected chi connectivity index (χ0v) is 12.4. The minimum absolute atomic E-state index is 0.187. The number of aliphatic hydroxyl groups excluding tert-OH is 1. The fourth-order valence-corrected chi connectivity index (χ4v) is 3.04. The molecule has 2 aromatic rings. The second-order valence-corrected chi connectivity index (χ2v) is 5.73. The van der Waals surface area contributed by atoms with Crippen molar-refractivity contribution in [3.05, 3.63) is 70.8 Å². The number of amides is 1. The minimum Gasteiger partial charge on any atom is -0.395 e.